The summed E-state index contributed by atoms with van der Waals surface area (Å²) in [5.74, 6) is -1.08. The van der Waals surface area contributed by atoms with Gasteiger partial charge in [-0.1, -0.05) is 36.1 Å². The Hall–Kier alpha value is -1.33. The summed E-state index contributed by atoms with van der Waals surface area (Å²) in [7, 11) is -13.7. The molecule has 4 aromatic carbocycles. The maximum absolute atomic E-state index is 13.4. The third-order valence-corrected chi connectivity index (χ3v) is 8.15. The van der Waals surface area contributed by atoms with Crippen LogP contribution in [0.25, 0.3) is 10.8 Å². The summed E-state index contributed by atoms with van der Waals surface area (Å²) in [6.07, 6.45) is 0. The molecule has 44 heavy (non-hydrogen) atoms. The molecule has 0 aliphatic heterocycles. The molecule has 0 bridgehead atoms. The van der Waals surface area contributed by atoms with Gasteiger partial charge in [0.25, 0.3) is 10.1 Å². The smallest absolute Gasteiger partial charge is 0.871 e. The minimum absolute atomic E-state index is 0. The summed E-state index contributed by atoms with van der Waals surface area (Å²) < 4.78 is 104. The van der Waals surface area contributed by atoms with Crippen molar-refractivity contribution in [2.75, 3.05) is 12.4 Å². The molecule has 2 N–H and O–H groups in total. The molecule has 0 saturated carbocycles. The molecule has 0 atom stereocenters. The van der Waals surface area contributed by atoms with Crippen LogP contribution < -0.4 is 99.1 Å². The van der Waals surface area contributed by atoms with Crippen LogP contribution in [0.4, 0.5) is 28.4 Å². The fraction of sp³-hybridized carbons (Fsp3) is 0.0435. The zero-order valence-corrected chi connectivity index (χ0v) is 31.9. The van der Waals surface area contributed by atoms with Crippen molar-refractivity contribution in [3.8, 4) is 5.75 Å². The summed E-state index contributed by atoms with van der Waals surface area (Å²) in [5, 5.41) is 30.7. The van der Waals surface area contributed by atoms with E-state index in [9.17, 15) is 44.0 Å². The van der Waals surface area contributed by atoms with E-state index < -0.39 is 62.2 Å². The van der Waals surface area contributed by atoms with Crippen LogP contribution in [0, 0.1) is 0 Å². The summed E-state index contributed by atoms with van der Waals surface area (Å²) in [4.78, 5) is -2.50. The molecule has 0 aliphatic rings. The molecule has 0 heterocycles. The summed E-state index contributed by atoms with van der Waals surface area (Å²) in [6.45, 7) is 0. The van der Waals surface area contributed by atoms with Crippen LogP contribution in [-0.4, -0.2) is 46.0 Å². The van der Waals surface area contributed by atoms with E-state index in [0.717, 1.165) is 24.3 Å². The van der Waals surface area contributed by atoms with Crippen molar-refractivity contribution in [3.63, 3.8) is 0 Å². The first-order chi connectivity index (χ1) is 19.1. The molecule has 0 amide bonds. The number of azo groups is 2. The second-order valence-corrected chi connectivity index (χ2v) is 12.2. The van der Waals surface area contributed by atoms with Crippen LogP contribution in [-0.2, 0) is 30.4 Å². The number of rotatable bonds is 8. The van der Waals surface area contributed by atoms with Gasteiger partial charge in [0, 0.05) is 12.4 Å². The Morgan fingerprint density at radius 1 is 0.636 bits per heavy atom. The first-order valence-electron chi connectivity index (χ1n) is 11.0. The van der Waals surface area contributed by atoms with Gasteiger partial charge in [0.05, 0.1) is 21.2 Å². The standard InChI is InChI=1S/C23H19N5O10S3.3Na/c1-24-17-11-10-13-14(21(17)27-25-15-6-2-4-8-18(15)39(30,31)32)12-20(41(36,37)38)22(23(13)29)28-26-16-7-3-5-9-19(16)40(33,34)35;;;/h2-12,24,29H,1H3,(H,30,31,32)(H,33,34,35)(H,36,37,38);;;/q;3*+1/p-3. The fourth-order valence-corrected chi connectivity index (χ4v) is 5.57. The van der Waals surface area contributed by atoms with E-state index in [0.29, 0.717) is 0 Å². The van der Waals surface area contributed by atoms with Crippen molar-refractivity contribution in [2.45, 2.75) is 14.7 Å². The van der Waals surface area contributed by atoms with Gasteiger partial charge in [-0.2, -0.15) is 8.42 Å². The fourth-order valence-electron chi connectivity index (χ4n) is 3.70. The molecule has 214 valence electrons. The van der Waals surface area contributed by atoms with Crippen LogP contribution in [0.1, 0.15) is 0 Å². The quantitative estimate of drug-likeness (QED) is 0.101. The minimum Gasteiger partial charge on any atom is -0.871 e. The number of hydrogen-bond donors (Lipinski definition) is 2. The van der Waals surface area contributed by atoms with E-state index in [4.69, 9.17) is 0 Å². The number of hydrogen-bond acceptors (Lipinski definition) is 14. The van der Waals surface area contributed by atoms with Gasteiger partial charge in [-0.25, -0.2) is 16.8 Å². The molecule has 15 nitrogen and oxygen atoms in total. The molecular weight excluding hydrogens is 671 g/mol. The number of nitrogens with zero attached hydrogens (tertiary/aromatic N) is 4. The minimum atomic E-state index is -5.17. The largest absolute Gasteiger partial charge is 1.00 e. The van der Waals surface area contributed by atoms with Gasteiger partial charge in [-0.3, -0.25) is 4.55 Å². The van der Waals surface area contributed by atoms with Crippen molar-refractivity contribution in [2.24, 2.45) is 20.5 Å². The second kappa shape index (κ2) is 16.0. The molecule has 0 radical (unpaired) electrons. The number of nitrogens with one attached hydrogen (secondary N) is 1. The van der Waals surface area contributed by atoms with E-state index in [-0.39, 0.29) is 117 Å². The number of benzene rings is 4. The summed E-state index contributed by atoms with van der Waals surface area (Å²) in [5.41, 5.74) is -1.71. The normalized spacial score (nSPS) is 12.0. The average molecular weight is 688 g/mol. The first kappa shape index (κ1) is 40.7. The Labute approximate surface area is 318 Å². The van der Waals surface area contributed by atoms with Crippen molar-refractivity contribution in [1.29, 1.82) is 0 Å². The predicted octanol–water partition coefficient (Wildman–Crippen LogP) is -5.15. The molecule has 21 heteroatoms. The third-order valence-electron chi connectivity index (χ3n) is 5.52. The monoisotopic (exact) mass is 687 g/mol. The van der Waals surface area contributed by atoms with Gasteiger partial charge >= 0.3 is 88.7 Å². The molecular formula is C23H16N5Na3O10S3. The van der Waals surface area contributed by atoms with E-state index in [2.05, 4.69) is 25.8 Å². The Bertz CT molecular complexity index is 2090. The molecule has 0 aromatic heterocycles. The van der Waals surface area contributed by atoms with Crippen molar-refractivity contribution in [3.05, 3.63) is 66.7 Å². The maximum atomic E-state index is 13.4. The molecule has 4 rings (SSSR count). The van der Waals surface area contributed by atoms with Gasteiger partial charge < -0.3 is 19.5 Å². The van der Waals surface area contributed by atoms with Gasteiger partial charge in [0.2, 0.25) is 0 Å². The zero-order valence-electron chi connectivity index (χ0n) is 23.5. The zero-order chi connectivity index (χ0) is 30.2. The van der Waals surface area contributed by atoms with Gasteiger partial charge in [-0.05, 0) is 41.8 Å². The predicted molar refractivity (Wildman–Crippen MR) is 140 cm³/mol. The van der Waals surface area contributed by atoms with Crippen molar-refractivity contribution >= 4 is 69.6 Å². The topological polar surface area (TPSA) is 253 Å². The molecule has 4 aromatic rings. The maximum Gasteiger partial charge on any atom is 1.00 e. The Morgan fingerprint density at radius 2 is 1.09 bits per heavy atom. The first-order valence-corrected chi connectivity index (χ1v) is 15.3. The van der Waals surface area contributed by atoms with Gasteiger partial charge in [-0.15, -0.1) is 20.5 Å². The van der Waals surface area contributed by atoms with Crippen LogP contribution >= 0.6 is 0 Å². The molecule has 0 spiro atoms. The Balaban J connectivity index is 0.00000323. The van der Waals surface area contributed by atoms with Gasteiger partial charge in [0.1, 0.15) is 42.2 Å². The van der Waals surface area contributed by atoms with Crippen LogP contribution in [0.15, 0.2) is 102 Å². The van der Waals surface area contributed by atoms with E-state index in [1.54, 1.807) is 0 Å². The van der Waals surface area contributed by atoms with Crippen molar-refractivity contribution < 1.29 is 133 Å². The van der Waals surface area contributed by atoms with E-state index in [1.807, 2.05) is 0 Å². The Morgan fingerprint density at radius 3 is 1.52 bits per heavy atom. The molecule has 0 fully saturated rings. The second-order valence-electron chi connectivity index (χ2n) is 8.08. The SMILES string of the molecule is CNc1ccc2c([O-])c(N=Nc3ccccc3S(=O)(=O)[O-])c(S(=O)(=O)O)cc2c1N=Nc1ccccc1S(=O)(=O)[O-].[Na+].[Na+].[Na+]. The third kappa shape index (κ3) is 9.14. The van der Waals surface area contributed by atoms with Crippen LogP contribution in [0.3, 0.4) is 0 Å². The number of anilines is 1. The van der Waals surface area contributed by atoms with E-state index in [1.165, 1.54) is 49.5 Å². The van der Waals surface area contributed by atoms with Crippen molar-refractivity contribution in [1.82, 2.24) is 0 Å². The molecule has 0 aliphatic carbocycles. The van der Waals surface area contributed by atoms with Gasteiger partial charge in [0.15, 0.2) is 0 Å². The molecule has 0 saturated heterocycles. The average Bonchev–Trinajstić information content (AvgIpc) is 2.89. The van der Waals surface area contributed by atoms with E-state index >= 15 is 0 Å². The Kier molecular flexibility index (Phi) is 14.8. The van der Waals surface area contributed by atoms with Crippen LogP contribution in [0.2, 0.25) is 0 Å². The number of fused-ring (bicyclic) bond motifs is 1. The molecule has 0 unspecified atom stereocenters. The van der Waals surface area contributed by atoms with Crippen LogP contribution in [0.5, 0.6) is 5.75 Å². The summed E-state index contributed by atoms with van der Waals surface area (Å²) >= 11 is 0. The summed E-state index contributed by atoms with van der Waals surface area (Å²) in [6, 6.07) is 12.9.